The topological polar surface area (TPSA) is 87.8 Å². The molecule has 0 unspecified atom stereocenters. The van der Waals surface area contributed by atoms with Crippen LogP contribution >= 0.6 is 0 Å². The van der Waals surface area contributed by atoms with Gasteiger partial charge in [-0.05, 0) is 37.1 Å². The molecule has 7 heteroatoms. The van der Waals surface area contributed by atoms with Gasteiger partial charge >= 0.3 is 6.09 Å². The van der Waals surface area contributed by atoms with Gasteiger partial charge in [0.15, 0.2) is 0 Å². The summed E-state index contributed by atoms with van der Waals surface area (Å²) in [7, 11) is 0. The van der Waals surface area contributed by atoms with Crippen molar-refractivity contribution in [3.8, 4) is 5.75 Å². The standard InChI is InChI=1S/C15H22FN3O3/c16-11-1-3-13(4-2-11)22-14-5-7-19(8-6-14)10-12(17)9-18-15(20)21/h1-4,12,14,18H,5-10,17H2,(H,20,21)/t12-/m1/s1. The highest BCUT2D eigenvalue weighted by Gasteiger charge is 2.22. The van der Waals surface area contributed by atoms with Gasteiger partial charge in [-0.25, -0.2) is 9.18 Å². The summed E-state index contributed by atoms with van der Waals surface area (Å²) in [6.07, 6.45) is 0.810. The molecule has 22 heavy (non-hydrogen) atoms. The number of hydrogen-bond donors (Lipinski definition) is 3. The van der Waals surface area contributed by atoms with Gasteiger partial charge in [0.05, 0.1) is 0 Å². The fourth-order valence-corrected chi connectivity index (χ4v) is 2.53. The average Bonchev–Trinajstić information content (AvgIpc) is 2.49. The van der Waals surface area contributed by atoms with E-state index in [0.717, 1.165) is 25.9 Å². The van der Waals surface area contributed by atoms with Crippen LogP contribution in [0.2, 0.25) is 0 Å². The second kappa shape index (κ2) is 7.95. The minimum Gasteiger partial charge on any atom is -0.490 e. The van der Waals surface area contributed by atoms with E-state index in [1.54, 1.807) is 12.1 Å². The van der Waals surface area contributed by atoms with Gasteiger partial charge < -0.3 is 25.8 Å². The van der Waals surface area contributed by atoms with Crippen LogP contribution in [0.25, 0.3) is 0 Å². The highest BCUT2D eigenvalue weighted by molar-refractivity contribution is 5.64. The Balaban J connectivity index is 1.69. The normalized spacial score (nSPS) is 17.9. The molecule has 1 saturated heterocycles. The van der Waals surface area contributed by atoms with Gasteiger partial charge in [0, 0.05) is 32.2 Å². The Labute approximate surface area is 129 Å². The van der Waals surface area contributed by atoms with Gasteiger partial charge in [0.2, 0.25) is 0 Å². The molecule has 0 bridgehead atoms. The van der Waals surface area contributed by atoms with Crippen molar-refractivity contribution in [2.24, 2.45) is 5.73 Å². The van der Waals surface area contributed by atoms with Crippen LogP contribution in [0.3, 0.4) is 0 Å². The van der Waals surface area contributed by atoms with E-state index in [1.165, 1.54) is 12.1 Å². The van der Waals surface area contributed by atoms with Crippen molar-refractivity contribution in [3.05, 3.63) is 30.1 Å². The smallest absolute Gasteiger partial charge is 0.404 e. The van der Waals surface area contributed by atoms with Crippen molar-refractivity contribution < 1.29 is 19.0 Å². The molecule has 1 aliphatic heterocycles. The van der Waals surface area contributed by atoms with Gasteiger partial charge in [-0.3, -0.25) is 0 Å². The first-order chi connectivity index (χ1) is 10.5. The molecule has 1 aliphatic rings. The molecule has 0 radical (unpaired) electrons. The molecular weight excluding hydrogens is 289 g/mol. The number of halogens is 1. The minimum atomic E-state index is -1.05. The van der Waals surface area contributed by atoms with Crippen LogP contribution in [0.4, 0.5) is 9.18 Å². The summed E-state index contributed by atoms with van der Waals surface area (Å²) in [4.78, 5) is 12.6. The van der Waals surface area contributed by atoms with E-state index in [-0.39, 0.29) is 24.5 Å². The number of hydrogen-bond acceptors (Lipinski definition) is 4. The highest BCUT2D eigenvalue weighted by Crippen LogP contribution is 2.19. The number of amides is 1. The van der Waals surface area contributed by atoms with Crippen LogP contribution in [-0.2, 0) is 0 Å². The third-order valence-corrected chi connectivity index (χ3v) is 3.66. The van der Waals surface area contributed by atoms with Crippen LogP contribution < -0.4 is 15.8 Å². The van der Waals surface area contributed by atoms with Crippen molar-refractivity contribution in [1.29, 1.82) is 0 Å². The van der Waals surface area contributed by atoms with Gasteiger partial charge in [0.25, 0.3) is 0 Å². The summed E-state index contributed by atoms with van der Waals surface area (Å²) < 4.78 is 18.7. The van der Waals surface area contributed by atoms with Crippen molar-refractivity contribution >= 4 is 6.09 Å². The lowest BCUT2D eigenvalue weighted by atomic mass is 10.1. The summed E-state index contributed by atoms with van der Waals surface area (Å²) in [6.45, 7) is 2.62. The molecule has 122 valence electrons. The molecule has 6 nitrogen and oxygen atoms in total. The fraction of sp³-hybridized carbons (Fsp3) is 0.533. The third kappa shape index (κ3) is 5.50. The van der Waals surface area contributed by atoms with Gasteiger partial charge in [-0.2, -0.15) is 0 Å². The van der Waals surface area contributed by atoms with E-state index in [2.05, 4.69) is 10.2 Å². The van der Waals surface area contributed by atoms with Crippen molar-refractivity contribution in [3.63, 3.8) is 0 Å². The largest absolute Gasteiger partial charge is 0.490 e. The Morgan fingerprint density at radius 2 is 2.05 bits per heavy atom. The van der Waals surface area contributed by atoms with E-state index in [9.17, 15) is 9.18 Å². The molecule has 1 aromatic rings. The minimum absolute atomic E-state index is 0.120. The number of ether oxygens (including phenoxy) is 1. The number of nitrogens with two attached hydrogens (primary N) is 1. The summed E-state index contributed by atoms with van der Waals surface area (Å²) in [5.41, 5.74) is 5.89. The van der Waals surface area contributed by atoms with Crippen LogP contribution in [0.15, 0.2) is 24.3 Å². The monoisotopic (exact) mass is 311 g/mol. The molecule has 0 aliphatic carbocycles. The number of carbonyl (C=O) groups is 1. The van der Waals surface area contributed by atoms with E-state index in [0.29, 0.717) is 12.3 Å². The summed E-state index contributed by atoms with van der Waals surface area (Å²) in [6, 6.07) is 5.83. The van der Waals surface area contributed by atoms with E-state index >= 15 is 0 Å². The summed E-state index contributed by atoms with van der Waals surface area (Å²) in [5, 5.41) is 10.8. The van der Waals surface area contributed by atoms with Gasteiger partial charge in [-0.1, -0.05) is 0 Å². The first kappa shape index (κ1) is 16.5. The van der Waals surface area contributed by atoms with Crippen LogP contribution in [-0.4, -0.2) is 54.4 Å². The lowest BCUT2D eigenvalue weighted by molar-refractivity contribution is 0.0970. The zero-order chi connectivity index (χ0) is 15.9. The fourth-order valence-electron chi connectivity index (χ4n) is 2.53. The Morgan fingerprint density at radius 3 is 2.64 bits per heavy atom. The Kier molecular flexibility index (Phi) is 5.97. The average molecular weight is 311 g/mol. The molecule has 0 aromatic heterocycles. The van der Waals surface area contributed by atoms with E-state index in [4.69, 9.17) is 15.6 Å². The number of benzene rings is 1. The quantitative estimate of drug-likeness (QED) is 0.736. The Hall–Kier alpha value is -1.86. The molecule has 1 atom stereocenters. The molecule has 1 amide bonds. The molecule has 4 N–H and O–H groups in total. The number of nitrogens with zero attached hydrogens (tertiary/aromatic N) is 1. The SMILES string of the molecule is N[C@H](CNC(=O)O)CN1CCC(Oc2ccc(F)cc2)CC1. The van der Waals surface area contributed by atoms with Crippen molar-refractivity contribution in [2.75, 3.05) is 26.2 Å². The molecule has 1 aromatic carbocycles. The van der Waals surface area contributed by atoms with Crippen LogP contribution in [0.5, 0.6) is 5.75 Å². The summed E-state index contributed by atoms with van der Waals surface area (Å²) >= 11 is 0. The molecule has 1 heterocycles. The molecule has 0 saturated carbocycles. The van der Waals surface area contributed by atoms with Crippen LogP contribution in [0.1, 0.15) is 12.8 Å². The first-order valence-corrected chi connectivity index (χ1v) is 7.40. The molecule has 1 fully saturated rings. The molecular formula is C15H22FN3O3. The number of rotatable bonds is 6. The number of piperidine rings is 1. The zero-order valence-corrected chi connectivity index (χ0v) is 12.4. The lowest BCUT2D eigenvalue weighted by Gasteiger charge is -2.33. The number of carboxylic acid groups (broad SMARTS) is 1. The maximum absolute atomic E-state index is 12.8. The third-order valence-electron chi connectivity index (χ3n) is 3.66. The maximum atomic E-state index is 12.8. The molecule has 2 rings (SSSR count). The van der Waals surface area contributed by atoms with E-state index in [1.807, 2.05) is 0 Å². The lowest BCUT2D eigenvalue weighted by Crippen LogP contribution is -2.48. The highest BCUT2D eigenvalue weighted by atomic mass is 19.1. The van der Waals surface area contributed by atoms with Crippen LogP contribution in [0, 0.1) is 5.82 Å². The Bertz CT molecular complexity index is 475. The predicted octanol–water partition coefficient (Wildman–Crippen LogP) is 1.26. The summed E-state index contributed by atoms with van der Waals surface area (Å²) in [5.74, 6) is 0.410. The predicted molar refractivity (Wildman–Crippen MR) is 80.5 cm³/mol. The number of likely N-dealkylation sites (tertiary alicyclic amines) is 1. The number of nitrogens with one attached hydrogen (secondary N) is 1. The second-order valence-electron chi connectivity index (χ2n) is 5.52. The molecule has 0 spiro atoms. The first-order valence-electron chi connectivity index (χ1n) is 7.40. The maximum Gasteiger partial charge on any atom is 0.404 e. The van der Waals surface area contributed by atoms with Gasteiger partial charge in [0.1, 0.15) is 17.7 Å². The Morgan fingerprint density at radius 1 is 1.41 bits per heavy atom. The zero-order valence-electron chi connectivity index (χ0n) is 12.4. The van der Waals surface area contributed by atoms with E-state index < -0.39 is 6.09 Å². The van der Waals surface area contributed by atoms with Crippen molar-refractivity contribution in [2.45, 2.75) is 25.0 Å². The van der Waals surface area contributed by atoms with Crippen molar-refractivity contribution in [1.82, 2.24) is 10.2 Å². The van der Waals surface area contributed by atoms with Gasteiger partial charge in [-0.15, -0.1) is 0 Å². The second-order valence-corrected chi connectivity index (χ2v) is 5.52.